The van der Waals surface area contributed by atoms with Gasteiger partial charge in [0.15, 0.2) is 0 Å². The minimum absolute atomic E-state index is 0.251. The maximum Gasteiger partial charge on any atom is 0.313 e. The first kappa shape index (κ1) is 15.6. The van der Waals surface area contributed by atoms with Gasteiger partial charge in [-0.15, -0.1) is 0 Å². The highest BCUT2D eigenvalue weighted by Gasteiger charge is 2.12. The van der Waals surface area contributed by atoms with Gasteiger partial charge in [0, 0.05) is 12.2 Å². The number of hydrogen-bond acceptors (Lipinski definition) is 2. The van der Waals surface area contributed by atoms with Gasteiger partial charge in [0.05, 0.1) is 0 Å². The zero-order chi connectivity index (χ0) is 15.9. The fraction of sp³-hybridized carbons (Fsp3) is 0.125. The van der Waals surface area contributed by atoms with Gasteiger partial charge < -0.3 is 10.6 Å². The van der Waals surface area contributed by atoms with Crippen LogP contribution in [0.25, 0.3) is 0 Å². The Morgan fingerprint density at radius 1 is 0.818 bits per heavy atom. The number of nitrogens with one attached hydrogen (secondary N) is 2. The largest absolute Gasteiger partial charge is 0.347 e. The monoisotopic (exact) mass is 304 g/mol. The fourth-order valence-electron chi connectivity index (χ4n) is 1.77. The molecule has 114 valence electrons. The van der Waals surface area contributed by atoms with Crippen LogP contribution in [0.1, 0.15) is 5.56 Å². The topological polar surface area (TPSA) is 58.2 Å². The molecule has 6 heteroatoms. The Bertz CT molecular complexity index is 655. The molecule has 2 rings (SSSR count). The van der Waals surface area contributed by atoms with E-state index in [2.05, 4.69) is 10.6 Å². The van der Waals surface area contributed by atoms with Crippen molar-refractivity contribution in [2.45, 2.75) is 6.42 Å². The summed E-state index contributed by atoms with van der Waals surface area (Å²) in [4.78, 5) is 23.2. The van der Waals surface area contributed by atoms with E-state index >= 15 is 0 Å². The number of anilines is 1. The van der Waals surface area contributed by atoms with Crippen LogP contribution in [0.3, 0.4) is 0 Å². The highest BCUT2D eigenvalue weighted by molar-refractivity contribution is 6.39. The Morgan fingerprint density at radius 3 is 1.95 bits per heavy atom. The average molecular weight is 304 g/mol. The first-order valence-electron chi connectivity index (χ1n) is 6.64. The van der Waals surface area contributed by atoms with Gasteiger partial charge in [0.25, 0.3) is 0 Å². The molecule has 22 heavy (non-hydrogen) atoms. The van der Waals surface area contributed by atoms with Crippen LogP contribution in [0.5, 0.6) is 0 Å². The van der Waals surface area contributed by atoms with Crippen LogP contribution in [0, 0.1) is 11.6 Å². The van der Waals surface area contributed by atoms with Crippen molar-refractivity contribution in [3.8, 4) is 0 Å². The summed E-state index contributed by atoms with van der Waals surface area (Å²) in [6.07, 6.45) is 0.482. The molecule has 0 radical (unpaired) electrons. The number of benzene rings is 2. The van der Waals surface area contributed by atoms with Gasteiger partial charge in [0.1, 0.15) is 11.6 Å². The number of hydrogen-bond donors (Lipinski definition) is 2. The SMILES string of the molecule is O=C(NCCc1ccc(F)cc1)C(=O)Nc1ccc(F)cc1. The normalized spacial score (nSPS) is 10.1. The van der Waals surface area contributed by atoms with E-state index < -0.39 is 17.6 Å². The van der Waals surface area contributed by atoms with Crippen molar-refractivity contribution in [3.63, 3.8) is 0 Å². The minimum Gasteiger partial charge on any atom is -0.347 e. The molecule has 2 aromatic rings. The molecule has 0 saturated carbocycles. The van der Waals surface area contributed by atoms with Crippen LogP contribution in [0.2, 0.25) is 0 Å². The molecular weight excluding hydrogens is 290 g/mol. The molecule has 0 fully saturated rings. The van der Waals surface area contributed by atoms with Gasteiger partial charge in [-0.1, -0.05) is 12.1 Å². The van der Waals surface area contributed by atoms with Crippen molar-refractivity contribution in [2.75, 3.05) is 11.9 Å². The molecule has 2 amide bonds. The molecule has 0 saturated heterocycles. The van der Waals surface area contributed by atoms with E-state index in [1.54, 1.807) is 12.1 Å². The predicted octanol–water partition coefficient (Wildman–Crippen LogP) is 2.26. The van der Waals surface area contributed by atoms with Crippen LogP contribution in [0.15, 0.2) is 48.5 Å². The second-order valence-electron chi connectivity index (χ2n) is 4.59. The Balaban J connectivity index is 1.77. The predicted molar refractivity (Wildman–Crippen MR) is 78.1 cm³/mol. The van der Waals surface area contributed by atoms with Crippen LogP contribution in [0.4, 0.5) is 14.5 Å². The Kier molecular flexibility index (Phi) is 5.19. The molecule has 0 unspecified atom stereocenters. The van der Waals surface area contributed by atoms with Gasteiger partial charge in [-0.3, -0.25) is 9.59 Å². The van der Waals surface area contributed by atoms with Crippen LogP contribution >= 0.6 is 0 Å². The van der Waals surface area contributed by atoms with Crippen molar-refractivity contribution in [1.82, 2.24) is 5.32 Å². The van der Waals surface area contributed by atoms with E-state index in [4.69, 9.17) is 0 Å². The lowest BCUT2D eigenvalue weighted by Gasteiger charge is -2.06. The summed E-state index contributed by atoms with van der Waals surface area (Å²) in [6, 6.07) is 11.0. The average Bonchev–Trinajstić information content (AvgIpc) is 2.51. The van der Waals surface area contributed by atoms with Crippen LogP contribution < -0.4 is 10.6 Å². The van der Waals surface area contributed by atoms with Gasteiger partial charge in [-0.25, -0.2) is 8.78 Å². The molecule has 0 heterocycles. The van der Waals surface area contributed by atoms with Gasteiger partial charge in [-0.2, -0.15) is 0 Å². The highest BCUT2D eigenvalue weighted by atomic mass is 19.1. The lowest BCUT2D eigenvalue weighted by molar-refractivity contribution is -0.136. The number of carbonyl (C=O) groups excluding carboxylic acids is 2. The van der Waals surface area contributed by atoms with Crippen molar-refractivity contribution in [2.24, 2.45) is 0 Å². The maximum atomic E-state index is 12.7. The summed E-state index contributed by atoms with van der Waals surface area (Å²) in [7, 11) is 0. The van der Waals surface area contributed by atoms with E-state index in [9.17, 15) is 18.4 Å². The van der Waals surface area contributed by atoms with E-state index in [0.29, 0.717) is 12.1 Å². The molecule has 0 aliphatic rings. The zero-order valence-electron chi connectivity index (χ0n) is 11.6. The summed E-state index contributed by atoms with van der Waals surface area (Å²) in [5.74, 6) is -2.37. The molecular formula is C16H14F2N2O2. The van der Waals surface area contributed by atoms with E-state index in [1.165, 1.54) is 36.4 Å². The second kappa shape index (κ2) is 7.31. The summed E-state index contributed by atoms with van der Waals surface area (Å²) in [6.45, 7) is 0.251. The standard InChI is InChI=1S/C16H14F2N2O2/c17-12-3-1-11(2-4-12)9-10-19-15(21)16(22)20-14-7-5-13(18)6-8-14/h1-8H,9-10H2,(H,19,21)(H,20,22). The molecule has 0 bridgehead atoms. The summed E-state index contributed by atoms with van der Waals surface area (Å²) in [5, 5.41) is 4.82. The maximum absolute atomic E-state index is 12.7. The zero-order valence-corrected chi connectivity index (χ0v) is 11.6. The van der Waals surface area contributed by atoms with Crippen LogP contribution in [-0.2, 0) is 16.0 Å². The minimum atomic E-state index is -0.828. The van der Waals surface area contributed by atoms with Gasteiger partial charge >= 0.3 is 11.8 Å². The van der Waals surface area contributed by atoms with Crippen molar-refractivity contribution in [3.05, 3.63) is 65.7 Å². The summed E-state index contributed by atoms with van der Waals surface area (Å²) >= 11 is 0. The Morgan fingerprint density at radius 2 is 1.36 bits per heavy atom. The Labute approximate surface area is 126 Å². The van der Waals surface area contributed by atoms with Crippen LogP contribution in [-0.4, -0.2) is 18.4 Å². The third kappa shape index (κ3) is 4.66. The lowest BCUT2D eigenvalue weighted by Crippen LogP contribution is -2.36. The molecule has 0 atom stereocenters. The first-order valence-corrected chi connectivity index (χ1v) is 6.64. The van der Waals surface area contributed by atoms with Gasteiger partial charge in [-0.05, 0) is 48.4 Å². The number of amides is 2. The fourth-order valence-corrected chi connectivity index (χ4v) is 1.77. The van der Waals surface area contributed by atoms with Crippen molar-refractivity contribution >= 4 is 17.5 Å². The highest BCUT2D eigenvalue weighted by Crippen LogP contribution is 2.07. The van der Waals surface area contributed by atoms with E-state index in [-0.39, 0.29) is 12.4 Å². The molecule has 2 N–H and O–H groups in total. The molecule has 0 spiro atoms. The van der Waals surface area contributed by atoms with Crippen molar-refractivity contribution in [1.29, 1.82) is 0 Å². The lowest BCUT2D eigenvalue weighted by atomic mass is 10.1. The molecule has 0 aliphatic heterocycles. The molecule has 4 nitrogen and oxygen atoms in total. The van der Waals surface area contributed by atoms with Crippen molar-refractivity contribution < 1.29 is 18.4 Å². The van der Waals surface area contributed by atoms with Gasteiger partial charge in [0.2, 0.25) is 0 Å². The smallest absolute Gasteiger partial charge is 0.313 e. The second-order valence-corrected chi connectivity index (χ2v) is 4.59. The molecule has 0 aromatic heterocycles. The quantitative estimate of drug-likeness (QED) is 0.851. The number of carbonyl (C=O) groups is 2. The van der Waals surface area contributed by atoms with E-state index in [1.807, 2.05) is 0 Å². The number of halogens is 2. The summed E-state index contributed by atoms with van der Waals surface area (Å²) in [5.41, 5.74) is 1.18. The molecule has 2 aromatic carbocycles. The summed E-state index contributed by atoms with van der Waals surface area (Å²) < 4.78 is 25.4. The molecule has 0 aliphatic carbocycles. The van der Waals surface area contributed by atoms with E-state index in [0.717, 1.165) is 5.56 Å². The third-order valence-electron chi connectivity index (χ3n) is 2.92. The number of rotatable bonds is 4. The first-order chi connectivity index (χ1) is 10.5. The Hall–Kier alpha value is -2.76. The third-order valence-corrected chi connectivity index (χ3v) is 2.92.